The maximum atomic E-state index is 10.5. The number of hydrogen-bond acceptors (Lipinski definition) is 1. The van der Waals surface area contributed by atoms with Gasteiger partial charge in [-0.2, -0.15) is 0 Å². The lowest BCUT2D eigenvalue weighted by Gasteiger charge is -1.98. The summed E-state index contributed by atoms with van der Waals surface area (Å²) in [5.41, 5.74) is 0. The van der Waals surface area contributed by atoms with E-state index in [-0.39, 0.29) is 5.91 Å². The zero-order valence-electron chi connectivity index (χ0n) is 6.39. The molecule has 0 spiro atoms. The number of carbonyl (C=O) groups is 1. The first kappa shape index (κ1) is 9.17. The van der Waals surface area contributed by atoms with Crippen molar-refractivity contribution in [1.82, 2.24) is 5.32 Å². The van der Waals surface area contributed by atoms with E-state index in [0.717, 1.165) is 19.6 Å². The van der Waals surface area contributed by atoms with Crippen LogP contribution in [-0.4, -0.2) is 25.5 Å². The Hall–Kier alpha value is -0.830. The molecule has 0 saturated carbocycles. The van der Waals surface area contributed by atoms with Crippen molar-refractivity contribution in [3.05, 3.63) is 12.7 Å². The molecule has 3 nitrogen and oxygen atoms in total. The number of likely N-dealkylation sites (N-methyl/N-ethyl adjacent to an activating group) is 1. The molecule has 0 heterocycles. The average molecular weight is 143 g/mol. The molecule has 0 bridgehead atoms. The Kier molecular flexibility index (Phi) is 5.77. The quantitative estimate of drug-likeness (QED) is 0.371. The van der Waals surface area contributed by atoms with E-state index in [0.29, 0.717) is 0 Å². The minimum absolute atomic E-state index is 0.0931. The van der Waals surface area contributed by atoms with Gasteiger partial charge in [0, 0.05) is 0 Å². The summed E-state index contributed by atoms with van der Waals surface area (Å²) in [5, 5.41) is 4.81. The Balaban J connectivity index is 3.03. The maximum absolute atomic E-state index is 10.5. The molecule has 0 aliphatic rings. The number of nitrogens with two attached hydrogens (primary N) is 1. The van der Waals surface area contributed by atoms with Crippen LogP contribution in [0.15, 0.2) is 12.7 Å². The summed E-state index contributed by atoms with van der Waals surface area (Å²) >= 11 is 0. The van der Waals surface area contributed by atoms with Crippen molar-refractivity contribution >= 4 is 5.91 Å². The van der Waals surface area contributed by atoms with Crippen LogP contribution in [0.2, 0.25) is 0 Å². The highest BCUT2D eigenvalue weighted by Gasteiger charge is 1.91. The second kappa shape index (κ2) is 6.29. The lowest BCUT2D eigenvalue weighted by Crippen LogP contribution is -2.85. The van der Waals surface area contributed by atoms with Crippen LogP contribution in [0.1, 0.15) is 6.92 Å². The Bertz CT molecular complexity index is 112. The van der Waals surface area contributed by atoms with Gasteiger partial charge in [-0.05, 0) is 13.0 Å². The Morgan fingerprint density at radius 1 is 1.80 bits per heavy atom. The highest BCUT2D eigenvalue weighted by atomic mass is 16.1. The topological polar surface area (TPSA) is 45.7 Å². The van der Waals surface area contributed by atoms with E-state index in [4.69, 9.17) is 0 Å². The van der Waals surface area contributed by atoms with Gasteiger partial charge in [-0.3, -0.25) is 4.79 Å². The van der Waals surface area contributed by atoms with Crippen LogP contribution in [0, 0.1) is 0 Å². The summed E-state index contributed by atoms with van der Waals surface area (Å²) < 4.78 is 0. The fraction of sp³-hybridized carbons (Fsp3) is 0.571. The van der Waals surface area contributed by atoms with Crippen molar-refractivity contribution in [3.8, 4) is 0 Å². The van der Waals surface area contributed by atoms with Gasteiger partial charge < -0.3 is 10.6 Å². The molecule has 1 amide bonds. The largest absolute Gasteiger partial charge is 0.347 e. The van der Waals surface area contributed by atoms with Crippen molar-refractivity contribution in [2.75, 3.05) is 19.6 Å². The average Bonchev–Trinajstić information content (AvgIpc) is 1.98. The zero-order chi connectivity index (χ0) is 7.82. The lowest BCUT2D eigenvalue weighted by atomic mass is 10.5. The van der Waals surface area contributed by atoms with Gasteiger partial charge in [0.25, 0.3) is 0 Å². The first-order valence-electron chi connectivity index (χ1n) is 3.53. The number of quaternary nitrogens is 1. The van der Waals surface area contributed by atoms with Gasteiger partial charge in [0.15, 0.2) is 0 Å². The van der Waals surface area contributed by atoms with Gasteiger partial charge in [-0.15, -0.1) is 0 Å². The van der Waals surface area contributed by atoms with E-state index < -0.39 is 0 Å². The molecule has 0 aliphatic heterocycles. The van der Waals surface area contributed by atoms with E-state index >= 15 is 0 Å². The molecular weight excluding hydrogens is 128 g/mol. The Morgan fingerprint density at radius 3 is 3.00 bits per heavy atom. The molecule has 0 atom stereocenters. The standard InChI is InChI=1S/C7H14N2O/c1-3-7(10)9-6-5-8-4-2/h3,8H,1,4-6H2,2H3,(H,9,10)/p+1. The monoisotopic (exact) mass is 143 g/mol. The number of amides is 1. The molecule has 0 unspecified atom stereocenters. The maximum Gasteiger partial charge on any atom is 0.243 e. The van der Waals surface area contributed by atoms with Gasteiger partial charge in [-0.25, -0.2) is 0 Å². The van der Waals surface area contributed by atoms with E-state index in [9.17, 15) is 4.79 Å². The molecule has 0 fully saturated rings. The molecule has 0 rings (SSSR count). The number of nitrogens with one attached hydrogen (secondary N) is 1. The molecule has 0 aliphatic carbocycles. The molecule has 58 valence electrons. The summed E-state index contributed by atoms with van der Waals surface area (Å²) in [6.45, 7) is 8.14. The number of hydrogen-bond donors (Lipinski definition) is 2. The first-order chi connectivity index (χ1) is 4.81. The molecule has 3 heteroatoms. The van der Waals surface area contributed by atoms with Crippen LogP contribution in [0.25, 0.3) is 0 Å². The predicted octanol–water partition coefficient (Wildman–Crippen LogP) is -1.13. The second-order valence-electron chi connectivity index (χ2n) is 1.98. The molecular formula is C7H15N2O+. The van der Waals surface area contributed by atoms with E-state index in [2.05, 4.69) is 24.1 Å². The van der Waals surface area contributed by atoms with E-state index in [1.54, 1.807) is 0 Å². The van der Waals surface area contributed by atoms with Crippen molar-refractivity contribution in [2.24, 2.45) is 0 Å². The van der Waals surface area contributed by atoms with Crippen molar-refractivity contribution < 1.29 is 10.1 Å². The SMILES string of the molecule is C=CC(=O)NCC[NH2+]CC. The third-order valence-corrected chi connectivity index (χ3v) is 1.12. The van der Waals surface area contributed by atoms with Gasteiger partial charge in [0.2, 0.25) is 5.91 Å². The predicted molar refractivity (Wildman–Crippen MR) is 40.5 cm³/mol. The van der Waals surface area contributed by atoms with Crippen LogP contribution in [-0.2, 0) is 4.79 Å². The van der Waals surface area contributed by atoms with Gasteiger partial charge in [0.1, 0.15) is 0 Å². The molecule has 10 heavy (non-hydrogen) atoms. The van der Waals surface area contributed by atoms with E-state index in [1.807, 2.05) is 0 Å². The molecule has 0 aromatic heterocycles. The van der Waals surface area contributed by atoms with Crippen molar-refractivity contribution in [2.45, 2.75) is 6.92 Å². The Morgan fingerprint density at radius 2 is 2.50 bits per heavy atom. The molecule has 0 radical (unpaired) electrons. The summed E-state index contributed by atoms with van der Waals surface area (Å²) in [4.78, 5) is 10.5. The van der Waals surface area contributed by atoms with Gasteiger partial charge in [0.05, 0.1) is 19.6 Å². The van der Waals surface area contributed by atoms with Crippen LogP contribution in [0.4, 0.5) is 0 Å². The van der Waals surface area contributed by atoms with Gasteiger partial charge >= 0.3 is 0 Å². The smallest absolute Gasteiger partial charge is 0.243 e. The molecule has 0 aromatic carbocycles. The van der Waals surface area contributed by atoms with Crippen LogP contribution in [0.5, 0.6) is 0 Å². The number of rotatable bonds is 5. The van der Waals surface area contributed by atoms with Gasteiger partial charge in [-0.1, -0.05) is 6.58 Å². The molecule has 0 saturated heterocycles. The normalized spacial score (nSPS) is 8.90. The fourth-order valence-corrected chi connectivity index (χ4v) is 0.574. The minimum atomic E-state index is -0.0931. The summed E-state index contributed by atoms with van der Waals surface area (Å²) in [6, 6.07) is 0. The third kappa shape index (κ3) is 5.31. The zero-order valence-corrected chi connectivity index (χ0v) is 6.39. The summed E-state index contributed by atoms with van der Waals surface area (Å²) in [5.74, 6) is -0.0931. The summed E-state index contributed by atoms with van der Waals surface area (Å²) in [7, 11) is 0. The fourth-order valence-electron chi connectivity index (χ4n) is 0.574. The van der Waals surface area contributed by atoms with Crippen LogP contribution in [0.3, 0.4) is 0 Å². The van der Waals surface area contributed by atoms with E-state index in [1.165, 1.54) is 6.08 Å². The second-order valence-corrected chi connectivity index (χ2v) is 1.98. The lowest BCUT2D eigenvalue weighted by molar-refractivity contribution is -0.649. The van der Waals surface area contributed by atoms with Crippen LogP contribution >= 0.6 is 0 Å². The Labute approximate surface area is 61.5 Å². The number of carbonyl (C=O) groups excluding carboxylic acids is 1. The third-order valence-electron chi connectivity index (χ3n) is 1.12. The molecule has 3 N–H and O–H groups in total. The highest BCUT2D eigenvalue weighted by molar-refractivity contribution is 5.86. The minimum Gasteiger partial charge on any atom is -0.347 e. The molecule has 0 aromatic rings. The van der Waals surface area contributed by atoms with Crippen LogP contribution < -0.4 is 10.6 Å². The van der Waals surface area contributed by atoms with Crippen molar-refractivity contribution in [1.29, 1.82) is 0 Å². The first-order valence-corrected chi connectivity index (χ1v) is 3.53. The highest BCUT2D eigenvalue weighted by Crippen LogP contribution is 1.61. The summed E-state index contributed by atoms with van der Waals surface area (Å²) in [6.07, 6.45) is 1.28. The van der Waals surface area contributed by atoms with Crippen molar-refractivity contribution in [3.63, 3.8) is 0 Å².